The van der Waals surface area contributed by atoms with E-state index in [0.29, 0.717) is 5.82 Å². The lowest BCUT2D eigenvalue weighted by atomic mass is 10.3. The summed E-state index contributed by atoms with van der Waals surface area (Å²) < 4.78 is 3.56. The van der Waals surface area contributed by atoms with Crippen LogP contribution in [0.5, 0.6) is 0 Å². The van der Waals surface area contributed by atoms with E-state index in [4.69, 9.17) is 0 Å². The number of anilines is 2. The van der Waals surface area contributed by atoms with Crippen molar-refractivity contribution in [3.05, 3.63) is 55.2 Å². The molecule has 0 bridgehead atoms. The molecule has 1 fully saturated rings. The van der Waals surface area contributed by atoms with Gasteiger partial charge in [-0.3, -0.25) is 0 Å². The molecule has 0 atom stereocenters. The molecule has 4 aromatic heterocycles. The first-order chi connectivity index (χ1) is 12.9. The molecule has 5 rings (SSSR count). The molecule has 0 radical (unpaired) electrons. The van der Waals surface area contributed by atoms with Crippen LogP contribution in [0.15, 0.2) is 55.2 Å². The zero-order chi connectivity index (χ0) is 17.3. The van der Waals surface area contributed by atoms with Gasteiger partial charge < -0.3 is 9.80 Å². The molecule has 9 heteroatoms. The number of hydrogen-bond donors (Lipinski definition) is 0. The van der Waals surface area contributed by atoms with E-state index in [1.165, 1.54) is 0 Å². The SMILES string of the molecule is c1cnn(-c2ccc(N3CCN(c4nccn5nccc45)CC3)nn2)c1. The minimum atomic E-state index is 0.717. The summed E-state index contributed by atoms with van der Waals surface area (Å²) in [5.74, 6) is 2.58. The van der Waals surface area contributed by atoms with Gasteiger partial charge in [-0.05, 0) is 24.3 Å². The number of nitrogens with zero attached hydrogens (tertiary/aromatic N) is 9. The molecule has 0 amide bonds. The minimum Gasteiger partial charge on any atom is -0.352 e. The molecule has 130 valence electrons. The fourth-order valence-electron chi connectivity index (χ4n) is 3.25. The summed E-state index contributed by atoms with van der Waals surface area (Å²) in [6, 6.07) is 7.80. The van der Waals surface area contributed by atoms with E-state index in [2.05, 4.69) is 35.2 Å². The quantitative estimate of drug-likeness (QED) is 0.547. The summed E-state index contributed by atoms with van der Waals surface area (Å²) in [6.07, 6.45) is 9.04. The Morgan fingerprint density at radius 1 is 0.731 bits per heavy atom. The van der Waals surface area contributed by atoms with Crippen molar-refractivity contribution in [2.24, 2.45) is 0 Å². The van der Waals surface area contributed by atoms with E-state index >= 15 is 0 Å². The van der Waals surface area contributed by atoms with Crippen LogP contribution in [-0.2, 0) is 0 Å². The molecule has 26 heavy (non-hydrogen) atoms. The van der Waals surface area contributed by atoms with Crippen LogP contribution in [-0.4, -0.2) is 60.8 Å². The molecule has 0 saturated carbocycles. The number of rotatable bonds is 3. The van der Waals surface area contributed by atoms with E-state index in [0.717, 1.165) is 43.3 Å². The first-order valence-electron chi connectivity index (χ1n) is 8.50. The second-order valence-corrected chi connectivity index (χ2v) is 6.09. The molecular weight excluding hydrogens is 330 g/mol. The van der Waals surface area contributed by atoms with Gasteiger partial charge >= 0.3 is 0 Å². The molecule has 0 aliphatic carbocycles. The first-order valence-corrected chi connectivity index (χ1v) is 8.50. The summed E-state index contributed by atoms with van der Waals surface area (Å²) in [7, 11) is 0. The van der Waals surface area contributed by atoms with Crippen molar-refractivity contribution in [3.63, 3.8) is 0 Å². The van der Waals surface area contributed by atoms with Crippen LogP contribution in [0.4, 0.5) is 11.6 Å². The van der Waals surface area contributed by atoms with Crippen molar-refractivity contribution >= 4 is 17.2 Å². The highest BCUT2D eigenvalue weighted by Crippen LogP contribution is 2.21. The van der Waals surface area contributed by atoms with Gasteiger partial charge in [0.05, 0.1) is 6.20 Å². The molecule has 0 aromatic carbocycles. The maximum Gasteiger partial charge on any atom is 0.175 e. The van der Waals surface area contributed by atoms with Gasteiger partial charge in [0.1, 0.15) is 5.52 Å². The maximum absolute atomic E-state index is 4.55. The van der Waals surface area contributed by atoms with Gasteiger partial charge in [-0.15, -0.1) is 10.2 Å². The number of piperazine rings is 1. The predicted octanol–water partition coefficient (Wildman–Crippen LogP) is 1.03. The summed E-state index contributed by atoms with van der Waals surface area (Å²) in [5, 5.41) is 17.1. The average Bonchev–Trinajstić information content (AvgIpc) is 3.40. The fraction of sp³-hybridized carbons (Fsp3) is 0.235. The van der Waals surface area contributed by atoms with Crippen molar-refractivity contribution in [2.75, 3.05) is 36.0 Å². The molecule has 4 aromatic rings. The van der Waals surface area contributed by atoms with E-state index in [1.54, 1.807) is 23.3 Å². The Kier molecular flexibility index (Phi) is 3.48. The third-order valence-electron chi connectivity index (χ3n) is 4.58. The Bertz CT molecular complexity index is 998. The van der Waals surface area contributed by atoms with Crippen molar-refractivity contribution in [2.45, 2.75) is 0 Å². The maximum atomic E-state index is 4.55. The van der Waals surface area contributed by atoms with Crippen molar-refractivity contribution < 1.29 is 0 Å². The lowest BCUT2D eigenvalue weighted by Crippen LogP contribution is -2.47. The molecule has 0 N–H and O–H groups in total. The van der Waals surface area contributed by atoms with E-state index in [1.807, 2.05) is 41.2 Å². The van der Waals surface area contributed by atoms with Gasteiger partial charge in [-0.25, -0.2) is 14.2 Å². The number of fused-ring (bicyclic) bond motifs is 1. The van der Waals surface area contributed by atoms with Crippen LogP contribution in [0.25, 0.3) is 11.3 Å². The number of aromatic nitrogens is 7. The molecule has 1 saturated heterocycles. The second-order valence-electron chi connectivity index (χ2n) is 6.09. The monoisotopic (exact) mass is 347 g/mol. The topological polar surface area (TPSA) is 80.3 Å². The minimum absolute atomic E-state index is 0.717. The third-order valence-corrected chi connectivity index (χ3v) is 4.58. The van der Waals surface area contributed by atoms with Gasteiger partial charge in [-0.1, -0.05) is 0 Å². The average molecular weight is 347 g/mol. The van der Waals surface area contributed by atoms with Crippen molar-refractivity contribution in [1.29, 1.82) is 0 Å². The number of hydrogen-bond acceptors (Lipinski definition) is 7. The Balaban J connectivity index is 1.30. The molecular formula is C17H17N9. The Morgan fingerprint density at radius 2 is 1.54 bits per heavy atom. The lowest BCUT2D eigenvalue weighted by Gasteiger charge is -2.35. The van der Waals surface area contributed by atoms with Crippen LogP contribution in [0, 0.1) is 0 Å². The molecule has 0 spiro atoms. The van der Waals surface area contributed by atoms with E-state index in [-0.39, 0.29) is 0 Å². The summed E-state index contributed by atoms with van der Waals surface area (Å²) in [5.41, 5.74) is 1.03. The Morgan fingerprint density at radius 3 is 2.31 bits per heavy atom. The standard InChI is InChI=1S/C17H17N9/c1-5-19-26(8-1)16-3-2-15(21-22-16)23-10-12-24(13-11-23)17-14-4-6-20-25(14)9-7-18-17/h1-9H,10-13H2. The van der Waals surface area contributed by atoms with E-state index in [9.17, 15) is 0 Å². The van der Waals surface area contributed by atoms with Crippen LogP contribution < -0.4 is 9.80 Å². The lowest BCUT2D eigenvalue weighted by molar-refractivity contribution is 0.637. The largest absolute Gasteiger partial charge is 0.352 e. The van der Waals surface area contributed by atoms with Crippen LogP contribution in [0.1, 0.15) is 0 Å². The zero-order valence-electron chi connectivity index (χ0n) is 14.0. The highest BCUT2D eigenvalue weighted by molar-refractivity contribution is 5.68. The Hall–Kier alpha value is -3.49. The summed E-state index contributed by atoms with van der Waals surface area (Å²) >= 11 is 0. The van der Waals surface area contributed by atoms with Gasteiger partial charge in [0.15, 0.2) is 17.5 Å². The Labute approximate surface area is 149 Å². The van der Waals surface area contributed by atoms with Crippen LogP contribution in [0.2, 0.25) is 0 Å². The van der Waals surface area contributed by atoms with Crippen molar-refractivity contribution in [1.82, 2.24) is 34.6 Å². The zero-order valence-corrected chi connectivity index (χ0v) is 14.0. The normalized spacial score (nSPS) is 14.9. The summed E-state index contributed by atoms with van der Waals surface area (Å²) in [4.78, 5) is 9.08. The van der Waals surface area contributed by atoms with Gasteiger partial charge in [-0.2, -0.15) is 10.2 Å². The summed E-state index contributed by atoms with van der Waals surface area (Å²) in [6.45, 7) is 3.49. The molecule has 0 unspecified atom stereocenters. The highest BCUT2D eigenvalue weighted by Gasteiger charge is 2.21. The molecule has 1 aliphatic heterocycles. The van der Waals surface area contributed by atoms with Crippen LogP contribution >= 0.6 is 0 Å². The second kappa shape index (κ2) is 6.10. The first kappa shape index (κ1) is 14.8. The smallest absolute Gasteiger partial charge is 0.175 e. The van der Waals surface area contributed by atoms with Gasteiger partial charge in [0.25, 0.3) is 0 Å². The highest BCUT2D eigenvalue weighted by atomic mass is 15.4. The predicted molar refractivity (Wildman–Crippen MR) is 96.6 cm³/mol. The van der Waals surface area contributed by atoms with Crippen LogP contribution in [0.3, 0.4) is 0 Å². The van der Waals surface area contributed by atoms with Crippen molar-refractivity contribution in [3.8, 4) is 5.82 Å². The van der Waals surface area contributed by atoms with E-state index < -0.39 is 0 Å². The molecule has 1 aliphatic rings. The third kappa shape index (κ3) is 2.53. The van der Waals surface area contributed by atoms with Gasteiger partial charge in [0, 0.05) is 51.0 Å². The molecule has 9 nitrogen and oxygen atoms in total. The fourth-order valence-corrected chi connectivity index (χ4v) is 3.25. The molecule has 5 heterocycles. The van der Waals surface area contributed by atoms with Gasteiger partial charge in [0.2, 0.25) is 0 Å².